The predicted molar refractivity (Wildman–Crippen MR) is 51.0 cm³/mol. The molecule has 1 heterocycles. The Balaban J connectivity index is 0.000000261. The van der Waals surface area contributed by atoms with Gasteiger partial charge in [-0.05, 0) is 34.1 Å². The molecular formula is C9H18N2O. The maximum Gasteiger partial charge on any atom is 0.246 e. The van der Waals surface area contributed by atoms with Crippen LogP contribution in [-0.4, -0.2) is 49.4 Å². The molecule has 1 amide bonds. The van der Waals surface area contributed by atoms with Gasteiger partial charge in [0.1, 0.15) is 0 Å². The first kappa shape index (κ1) is 11.2. The molecule has 0 saturated carbocycles. The van der Waals surface area contributed by atoms with Gasteiger partial charge in [0.05, 0.1) is 0 Å². The summed E-state index contributed by atoms with van der Waals surface area (Å²) in [7, 11) is 6.00. The smallest absolute Gasteiger partial charge is 0.246 e. The third kappa shape index (κ3) is 4.91. The molecule has 0 spiro atoms. The van der Waals surface area contributed by atoms with E-state index in [9.17, 15) is 4.79 Å². The normalized spacial score (nSPS) is 19.8. The lowest BCUT2D eigenvalue weighted by atomic mass is 10.5. The molecule has 0 bridgehead atoms. The Morgan fingerprint density at radius 3 is 2.00 bits per heavy atom. The molecule has 1 unspecified atom stereocenters. The lowest BCUT2D eigenvalue weighted by Gasteiger charge is -1.91. The van der Waals surface area contributed by atoms with Gasteiger partial charge in [0.25, 0.3) is 0 Å². The van der Waals surface area contributed by atoms with E-state index >= 15 is 0 Å². The van der Waals surface area contributed by atoms with Crippen LogP contribution in [0.4, 0.5) is 0 Å². The molecule has 0 radical (unpaired) electrons. The van der Waals surface area contributed by atoms with Crippen molar-refractivity contribution in [1.29, 1.82) is 0 Å². The number of carbonyl (C=O) groups excluding carboxylic acids is 1. The van der Waals surface area contributed by atoms with Crippen LogP contribution < -0.4 is 0 Å². The van der Waals surface area contributed by atoms with E-state index in [2.05, 4.69) is 6.58 Å². The van der Waals surface area contributed by atoms with Crippen LogP contribution in [0.2, 0.25) is 0 Å². The highest BCUT2D eigenvalue weighted by atomic mass is 16.2. The lowest BCUT2D eigenvalue weighted by molar-refractivity contribution is -0.121. The molecule has 0 aromatic rings. The van der Waals surface area contributed by atoms with E-state index in [1.54, 1.807) is 4.90 Å². The second kappa shape index (κ2) is 4.93. The van der Waals surface area contributed by atoms with E-state index in [1.807, 2.05) is 33.0 Å². The summed E-state index contributed by atoms with van der Waals surface area (Å²) in [5.74, 6) is 0.0532. The van der Waals surface area contributed by atoms with Gasteiger partial charge in [0, 0.05) is 12.6 Å². The zero-order valence-corrected chi connectivity index (χ0v) is 8.37. The minimum atomic E-state index is 0.0532. The monoisotopic (exact) mass is 170 g/mol. The summed E-state index contributed by atoms with van der Waals surface area (Å²) in [6, 6.07) is 0.459. The van der Waals surface area contributed by atoms with Crippen molar-refractivity contribution in [1.82, 2.24) is 9.80 Å². The first-order chi connectivity index (χ1) is 5.49. The Labute approximate surface area is 74.7 Å². The number of amides is 1. The number of hydrogen-bond acceptors (Lipinski definition) is 2. The predicted octanol–water partition coefficient (Wildman–Crippen LogP) is 0.581. The van der Waals surface area contributed by atoms with Gasteiger partial charge in [-0.25, -0.2) is 0 Å². The van der Waals surface area contributed by atoms with Crippen molar-refractivity contribution in [2.45, 2.75) is 13.0 Å². The van der Waals surface area contributed by atoms with Crippen molar-refractivity contribution >= 4 is 5.91 Å². The summed E-state index contributed by atoms with van der Waals surface area (Å²) >= 11 is 0. The van der Waals surface area contributed by atoms with Gasteiger partial charge in [-0.1, -0.05) is 6.58 Å². The van der Waals surface area contributed by atoms with Crippen molar-refractivity contribution in [2.75, 3.05) is 27.7 Å². The number of carbonyl (C=O) groups is 1. The topological polar surface area (TPSA) is 23.3 Å². The van der Waals surface area contributed by atoms with Crippen molar-refractivity contribution < 1.29 is 4.79 Å². The second-order valence-corrected chi connectivity index (χ2v) is 3.39. The molecule has 1 aliphatic heterocycles. The van der Waals surface area contributed by atoms with Crippen molar-refractivity contribution in [3.63, 3.8) is 0 Å². The molecule has 1 atom stereocenters. The molecule has 0 aliphatic carbocycles. The van der Waals surface area contributed by atoms with E-state index < -0.39 is 0 Å². The van der Waals surface area contributed by atoms with Crippen LogP contribution >= 0.6 is 0 Å². The molecule has 1 rings (SSSR count). The first-order valence-electron chi connectivity index (χ1n) is 4.03. The van der Waals surface area contributed by atoms with Crippen molar-refractivity contribution in [3.8, 4) is 0 Å². The SMILES string of the molecule is C=CC(=O)N1CC1C.CN(C)C. The van der Waals surface area contributed by atoms with Gasteiger partial charge in [-0.2, -0.15) is 0 Å². The largest absolute Gasteiger partial charge is 0.333 e. The Morgan fingerprint density at radius 2 is 1.92 bits per heavy atom. The molecule has 12 heavy (non-hydrogen) atoms. The highest BCUT2D eigenvalue weighted by Crippen LogP contribution is 2.15. The van der Waals surface area contributed by atoms with Crippen LogP contribution in [0.25, 0.3) is 0 Å². The summed E-state index contributed by atoms with van der Waals surface area (Å²) < 4.78 is 0. The Kier molecular flexibility index (Phi) is 4.59. The van der Waals surface area contributed by atoms with E-state index in [1.165, 1.54) is 6.08 Å². The fraction of sp³-hybridized carbons (Fsp3) is 0.667. The average Bonchev–Trinajstić information content (AvgIpc) is 2.64. The summed E-state index contributed by atoms with van der Waals surface area (Å²) in [6.07, 6.45) is 1.35. The van der Waals surface area contributed by atoms with Gasteiger partial charge < -0.3 is 9.80 Å². The second-order valence-electron chi connectivity index (χ2n) is 3.39. The average molecular weight is 170 g/mol. The third-order valence-electron chi connectivity index (χ3n) is 1.32. The minimum Gasteiger partial charge on any atom is -0.333 e. The van der Waals surface area contributed by atoms with Crippen LogP contribution in [0.5, 0.6) is 0 Å². The van der Waals surface area contributed by atoms with Gasteiger partial charge in [0.2, 0.25) is 5.91 Å². The zero-order valence-electron chi connectivity index (χ0n) is 8.37. The molecule has 1 fully saturated rings. The maximum atomic E-state index is 10.6. The molecule has 1 saturated heterocycles. The molecule has 3 nitrogen and oxygen atoms in total. The van der Waals surface area contributed by atoms with Gasteiger partial charge >= 0.3 is 0 Å². The Hall–Kier alpha value is -0.830. The van der Waals surface area contributed by atoms with Crippen molar-refractivity contribution in [2.24, 2.45) is 0 Å². The fourth-order valence-electron chi connectivity index (χ4n) is 0.662. The molecular weight excluding hydrogens is 152 g/mol. The zero-order chi connectivity index (χ0) is 9.72. The van der Waals surface area contributed by atoms with E-state index in [0.29, 0.717) is 6.04 Å². The quantitative estimate of drug-likeness (QED) is 0.424. The number of nitrogens with zero attached hydrogens (tertiary/aromatic N) is 2. The van der Waals surface area contributed by atoms with E-state index in [4.69, 9.17) is 0 Å². The van der Waals surface area contributed by atoms with E-state index in [-0.39, 0.29) is 5.91 Å². The third-order valence-corrected chi connectivity index (χ3v) is 1.32. The van der Waals surface area contributed by atoms with Gasteiger partial charge in [-0.15, -0.1) is 0 Å². The van der Waals surface area contributed by atoms with Gasteiger partial charge in [0.15, 0.2) is 0 Å². The molecule has 0 aromatic heterocycles. The maximum absolute atomic E-state index is 10.6. The van der Waals surface area contributed by atoms with Gasteiger partial charge in [-0.3, -0.25) is 4.79 Å². The summed E-state index contributed by atoms with van der Waals surface area (Å²) in [6.45, 7) is 6.29. The summed E-state index contributed by atoms with van der Waals surface area (Å²) in [5, 5.41) is 0. The van der Waals surface area contributed by atoms with Crippen LogP contribution in [0.15, 0.2) is 12.7 Å². The standard InChI is InChI=1S/C6H9NO.C3H9N/c1-3-6(8)7-4-5(7)2;1-4(2)3/h3,5H,1,4H2,2H3;1-3H3. The minimum absolute atomic E-state index is 0.0532. The highest BCUT2D eigenvalue weighted by molar-refractivity contribution is 5.89. The highest BCUT2D eigenvalue weighted by Gasteiger charge is 2.31. The van der Waals surface area contributed by atoms with Crippen LogP contribution in [0, 0.1) is 0 Å². The van der Waals surface area contributed by atoms with Crippen LogP contribution in [0.3, 0.4) is 0 Å². The molecule has 70 valence electrons. The number of rotatable bonds is 1. The molecule has 0 N–H and O–H groups in total. The molecule has 0 aromatic carbocycles. The van der Waals surface area contributed by atoms with Crippen molar-refractivity contribution in [3.05, 3.63) is 12.7 Å². The number of hydrogen-bond donors (Lipinski definition) is 0. The fourth-order valence-corrected chi connectivity index (χ4v) is 0.662. The lowest BCUT2D eigenvalue weighted by Crippen LogP contribution is -2.07. The Morgan fingerprint density at radius 1 is 1.58 bits per heavy atom. The molecule has 3 heteroatoms. The Bertz CT molecular complexity index is 163. The van der Waals surface area contributed by atoms with E-state index in [0.717, 1.165) is 6.54 Å². The van der Waals surface area contributed by atoms with Crippen LogP contribution in [-0.2, 0) is 4.79 Å². The van der Waals surface area contributed by atoms with Crippen LogP contribution in [0.1, 0.15) is 6.92 Å². The first-order valence-corrected chi connectivity index (χ1v) is 4.03. The summed E-state index contributed by atoms with van der Waals surface area (Å²) in [5.41, 5.74) is 0. The molecule has 1 aliphatic rings. The summed E-state index contributed by atoms with van der Waals surface area (Å²) in [4.78, 5) is 14.3.